The summed E-state index contributed by atoms with van der Waals surface area (Å²) in [5, 5.41) is 10.8. The Morgan fingerprint density at radius 2 is 1.63 bits per heavy atom. The van der Waals surface area contributed by atoms with E-state index in [1.807, 2.05) is 6.07 Å². The molecule has 1 unspecified atom stereocenters. The maximum Gasteiger partial charge on any atom is 0.288 e. The molecule has 1 aliphatic heterocycles. The molecule has 0 radical (unpaired) electrons. The average molecular weight is 478 g/mol. The van der Waals surface area contributed by atoms with Crippen LogP contribution in [0.3, 0.4) is 0 Å². The van der Waals surface area contributed by atoms with Crippen LogP contribution in [0.1, 0.15) is 54.0 Å². The highest BCUT2D eigenvalue weighted by molar-refractivity contribution is 6.04. The Kier molecular flexibility index (Phi) is 6.39. The smallest absolute Gasteiger partial charge is 0.288 e. The van der Waals surface area contributed by atoms with Crippen molar-refractivity contribution in [3.8, 4) is 23.3 Å². The lowest BCUT2D eigenvalue weighted by Crippen LogP contribution is -2.52. The molecule has 35 heavy (non-hydrogen) atoms. The van der Waals surface area contributed by atoms with Crippen molar-refractivity contribution in [1.82, 2.24) is 4.68 Å². The van der Waals surface area contributed by atoms with Crippen molar-refractivity contribution >= 4 is 11.7 Å². The minimum atomic E-state index is -0.575. The zero-order valence-electron chi connectivity index (χ0n) is 20.4. The molecule has 182 valence electrons. The first-order valence-electron chi connectivity index (χ1n) is 11.3. The van der Waals surface area contributed by atoms with Crippen LogP contribution in [0.25, 0.3) is 0 Å². The molecule has 9 nitrogen and oxygen atoms in total. The Morgan fingerprint density at radius 3 is 2.20 bits per heavy atom. The van der Waals surface area contributed by atoms with E-state index in [4.69, 9.17) is 14.2 Å². The molecule has 0 saturated carbocycles. The Labute approximate surface area is 203 Å². The fraction of sp³-hybridized carbons (Fsp3) is 0.385. The van der Waals surface area contributed by atoms with Gasteiger partial charge >= 0.3 is 0 Å². The maximum absolute atomic E-state index is 13.6. The zero-order chi connectivity index (χ0) is 25.4. The molecular weight excluding hydrogens is 450 g/mol. The number of carbonyl (C=O) groups is 2. The number of allylic oxidation sites excluding steroid dienone is 2. The van der Waals surface area contributed by atoms with E-state index in [0.29, 0.717) is 64.6 Å². The number of Topliss-reactive ketones (excluding diaryl/α,β-unsaturated/α-hetero) is 1. The Balaban J connectivity index is 1.96. The third-order valence-corrected chi connectivity index (χ3v) is 6.61. The van der Waals surface area contributed by atoms with Crippen LogP contribution in [-0.2, 0) is 9.59 Å². The highest BCUT2D eigenvalue weighted by atomic mass is 16.5. The molecule has 0 saturated heterocycles. The number of aryl methyl sites for hydroxylation is 2. The molecule has 1 aliphatic carbocycles. The van der Waals surface area contributed by atoms with Crippen LogP contribution >= 0.6 is 0 Å². The standard InChI is InChI=1S/C26H27N3O6/c1-14-9-15(2)28(26(32)18(14)13-27)29-19-7-6-8-20(30)24(19)17(12-23(29)31)16-10-21(33-3)25(35-5)22(11-16)34-4/h9-11,17H,6-8,12H2,1-5H3. The summed E-state index contributed by atoms with van der Waals surface area (Å²) in [7, 11) is 4.51. The van der Waals surface area contributed by atoms with E-state index in [0.717, 1.165) is 0 Å². The number of nitrogens with zero attached hydrogens (tertiary/aromatic N) is 3. The number of nitriles is 1. The lowest BCUT2D eigenvalue weighted by atomic mass is 9.77. The van der Waals surface area contributed by atoms with Crippen LogP contribution in [0.4, 0.5) is 0 Å². The first-order valence-corrected chi connectivity index (χ1v) is 11.3. The van der Waals surface area contributed by atoms with Crippen molar-refractivity contribution in [3.05, 3.63) is 62.2 Å². The number of ether oxygens (including phenoxy) is 3. The number of carbonyl (C=O) groups excluding carboxylic acids is 2. The molecule has 9 heteroatoms. The third kappa shape index (κ3) is 3.85. The van der Waals surface area contributed by atoms with Gasteiger partial charge in [0.25, 0.3) is 5.56 Å². The van der Waals surface area contributed by atoms with Crippen LogP contribution in [0.2, 0.25) is 0 Å². The summed E-state index contributed by atoms with van der Waals surface area (Å²) in [5.41, 5.74) is 2.12. The van der Waals surface area contributed by atoms with Gasteiger partial charge in [-0.3, -0.25) is 14.4 Å². The van der Waals surface area contributed by atoms with E-state index < -0.39 is 11.5 Å². The van der Waals surface area contributed by atoms with Crippen molar-refractivity contribution in [2.75, 3.05) is 26.3 Å². The summed E-state index contributed by atoms with van der Waals surface area (Å²) in [6, 6.07) is 7.14. The summed E-state index contributed by atoms with van der Waals surface area (Å²) >= 11 is 0. The van der Waals surface area contributed by atoms with Crippen LogP contribution in [0.15, 0.2) is 34.3 Å². The summed E-state index contributed by atoms with van der Waals surface area (Å²) in [4.78, 5) is 40.1. The van der Waals surface area contributed by atoms with E-state index in [-0.39, 0.29) is 23.7 Å². The lowest BCUT2D eigenvalue weighted by Gasteiger charge is -2.39. The van der Waals surface area contributed by atoms with Gasteiger partial charge in [-0.25, -0.2) is 9.69 Å². The topological polar surface area (TPSA) is 111 Å². The van der Waals surface area contributed by atoms with E-state index in [1.54, 1.807) is 32.0 Å². The van der Waals surface area contributed by atoms with Gasteiger partial charge < -0.3 is 14.2 Å². The molecule has 1 amide bonds. The van der Waals surface area contributed by atoms with Crippen molar-refractivity contribution in [1.29, 1.82) is 5.26 Å². The van der Waals surface area contributed by atoms with Crippen molar-refractivity contribution in [3.63, 3.8) is 0 Å². The number of amides is 1. The first-order chi connectivity index (χ1) is 16.8. The van der Waals surface area contributed by atoms with Crippen LogP contribution in [-0.4, -0.2) is 37.7 Å². The van der Waals surface area contributed by atoms with Gasteiger partial charge in [-0.05, 0) is 56.0 Å². The van der Waals surface area contributed by atoms with Crippen LogP contribution in [0, 0.1) is 25.2 Å². The number of aromatic nitrogens is 1. The van der Waals surface area contributed by atoms with Gasteiger partial charge in [-0.2, -0.15) is 5.26 Å². The second-order valence-electron chi connectivity index (χ2n) is 8.63. The largest absolute Gasteiger partial charge is 0.493 e. The Morgan fingerprint density at radius 1 is 0.971 bits per heavy atom. The molecule has 2 aliphatic rings. The van der Waals surface area contributed by atoms with Crippen LogP contribution in [0.5, 0.6) is 17.2 Å². The molecule has 0 N–H and O–H groups in total. The Bertz CT molecular complexity index is 1340. The molecule has 1 atom stereocenters. The second kappa shape index (κ2) is 9.29. The highest BCUT2D eigenvalue weighted by Gasteiger charge is 2.41. The van der Waals surface area contributed by atoms with Gasteiger partial charge in [-0.15, -0.1) is 0 Å². The summed E-state index contributed by atoms with van der Waals surface area (Å²) in [6.07, 6.45) is 1.33. The fourth-order valence-corrected chi connectivity index (χ4v) is 5.06. The molecule has 1 aromatic carbocycles. The van der Waals surface area contributed by atoms with E-state index in [9.17, 15) is 19.6 Å². The molecule has 4 rings (SSSR count). The van der Waals surface area contributed by atoms with E-state index >= 15 is 0 Å². The van der Waals surface area contributed by atoms with Gasteiger partial charge in [0, 0.05) is 30.0 Å². The number of benzene rings is 1. The lowest BCUT2D eigenvalue weighted by molar-refractivity contribution is -0.121. The molecule has 0 spiro atoms. The number of ketones is 1. The summed E-state index contributed by atoms with van der Waals surface area (Å²) in [6.45, 7) is 3.39. The number of rotatable bonds is 5. The van der Waals surface area contributed by atoms with Gasteiger partial charge in [0.2, 0.25) is 11.7 Å². The number of hydrogen-bond donors (Lipinski definition) is 0. The van der Waals surface area contributed by atoms with E-state index in [2.05, 4.69) is 0 Å². The quantitative estimate of drug-likeness (QED) is 0.651. The highest BCUT2D eigenvalue weighted by Crippen LogP contribution is 2.46. The number of pyridine rings is 1. The molecule has 2 aromatic rings. The predicted octanol–water partition coefficient (Wildman–Crippen LogP) is 3.02. The predicted molar refractivity (Wildman–Crippen MR) is 127 cm³/mol. The monoisotopic (exact) mass is 477 g/mol. The van der Waals surface area contributed by atoms with Gasteiger partial charge in [0.1, 0.15) is 11.6 Å². The maximum atomic E-state index is 13.6. The Hall–Kier alpha value is -4.06. The van der Waals surface area contributed by atoms with E-state index in [1.165, 1.54) is 31.0 Å². The van der Waals surface area contributed by atoms with Gasteiger partial charge in [0.05, 0.1) is 27.0 Å². The van der Waals surface area contributed by atoms with Gasteiger partial charge in [-0.1, -0.05) is 0 Å². The third-order valence-electron chi connectivity index (χ3n) is 6.61. The van der Waals surface area contributed by atoms with Crippen molar-refractivity contribution in [2.24, 2.45) is 0 Å². The molecule has 0 bridgehead atoms. The average Bonchev–Trinajstić information content (AvgIpc) is 2.84. The molecular formula is C26H27N3O6. The zero-order valence-corrected chi connectivity index (χ0v) is 20.4. The summed E-state index contributed by atoms with van der Waals surface area (Å²) in [5.74, 6) is 0.318. The second-order valence-corrected chi connectivity index (χ2v) is 8.63. The first kappa shape index (κ1) is 24.1. The van der Waals surface area contributed by atoms with Crippen LogP contribution < -0.4 is 24.8 Å². The van der Waals surface area contributed by atoms with Crippen molar-refractivity contribution < 1.29 is 23.8 Å². The number of hydrogen-bond acceptors (Lipinski definition) is 7. The molecule has 0 fully saturated rings. The number of methoxy groups -OCH3 is 3. The molecule has 2 heterocycles. The normalized spacial score (nSPS) is 17.7. The van der Waals surface area contributed by atoms with Gasteiger partial charge in [0.15, 0.2) is 17.3 Å². The molecule has 1 aromatic heterocycles. The SMILES string of the molecule is COc1cc(C2CC(=O)N(n3c(C)cc(C)c(C#N)c3=O)C3=C2C(=O)CCC3)cc(OC)c1OC. The van der Waals surface area contributed by atoms with Crippen molar-refractivity contribution in [2.45, 2.75) is 45.4 Å². The minimum absolute atomic E-state index is 0.0283. The minimum Gasteiger partial charge on any atom is -0.493 e. The fourth-order valence-electron chi connectivity index (χ4n) is 5.06. The summed E-state index contributed by atoms with van der Waals surface area (Å²) < 4.78 is 17.6.